The lowest BCUT2D eigenvalue weighted by Crippen LogP contribution is -2.21. The number of oxazole rings is 1. The van der Waals surface area contributed by atoms with Gasteiger partial charge in [-0.15, -0.1) is 5.10 Å². The normalized spacial score (nSPS) is 11.3. The zero-order valence-electron chi connectivity index (χ0n) is 17.5. The van der Waals surface area contributed by atoms with Gasteiger partial charge in [0.15, 0.2) is 5.65 Å². The summed E-state index contributed by atoms with van der Waals surface area (Å²) in [6.45, 7) is 2.51. The molecule has 0 N–H and O–H groups in total. The van der Waals surface area contributed by atoms with Crippen molar-refractivity contribution in [2.45, 2.75) is 26.3 Å². The van der Waals surface area contributed by atoms with Crippen molar-refractivity contribution in [1.82, 2.24) is 19.2 Å². The maximum Gasteiger partial charge on any atom is 0.350 e. The smallest absolute Gasteiger partial charge is 0.350 e. The van der Waals surface area contributed by atoms with Gasteiger partial charge in [0.25, 0.3) is 0 Å². The fourth-order valence-electron chi connectivity index (χ4n) is 3.76. The number of rotatable bonds is 6. The Morgan fingerprint density at radius 1 is 1.03 bits per heavy atom. The maximum atomic E-state index is 14.1. The zero-order valence-corrected chi connectivity index (χ0v) is 17.5. The van der Waals surface area contributed by atoms with Crippen LogP contribution in [0.1, 0.15) is 17.5 Å². The Balaban J connectivity index is 1.33. The van der Waals surface area contributed by atoms with Gasteiger partial charge in [-0.2, -0.15) is 0 Å². The second-order valence-corrected chi connectivity index (χ2v) is 7.77. The van der Waals surface area contributed by atoms with Crippen LogP contribution in [0.25, 0.3) is 28.2 Å². The molecule has 2 aromatic carbocycles. The number of hydrogen-bond acceptors (Lipinski definition) is 4. The summed E-state index contributed by atoms with van der Waals surface area (Å²) in [5.74, 6) is -0.123. The van der Waals surface area contributed by atoms with E-state index in [9.17, 15) is 9.18 Å². The fourth-order valence-corrected chi connectivity index (χ4v) is 3.76. The molecule has 6 nitrogen and oxygen atoms in total. The third-order valence-electron chi connectivity index (χ3n) is 5.49. The van der Waals surface area contributed by atoms with Crippen molar-refractivity contribution < 1.29 is 8.81 Å². The first-order chi connectivity index (χ1) is 15.6. The molecule has 160 valence electrons. The van der Waals surface area contributed by atoms with E-state index in [4.69, 9.17) is 4.42 Å². The monoisotopic (exact) mass is 428 g/mol. The van der Waals surface area contributed by atoms with Crippen molar-refractivity contribution in [2.75, 3.05) is 0 Å². The summed E-state index contributed by atoms with van der Waals surface area (Å²) in [6.07, 6.45) is 6.09. The summed E-state index contributed by atoms with van der Waals surface area (Å²) in [5.41, 5.74) is 4.92. The molecule has 0 bridgehead atoms. The van der Waals surface area contributed by atoms with Crippen LogP contribution in [0.5, 0.6) is 0 Å². The van der Waals surface area contributed by atoms with Crippen LogP contribution in [0.2, 0.25) is 0 Å². The highest BCUT2D eigenvalue weighted by molar-refractivity contribution is 5.64. The van der Waals surface area contributed by atoms with Crippen LogP contribution >= 0.6 is 0 Å². The summed E-state index contributed by atoms with van der Waals surface area (Å²) in [7, 11) is 0. The zero-order chi connectivity index (χ0) is 22.1. The van der Waals surface area contributed by atoms with Crippen LogP contribution in [0.15, 0.2) is 82.5 Å². The molecule has 7 heteroatoms. The first kappa shape index (κ1) is 19.9. The molecule has 0 atom stereocenters. The number of aryl methyl sites for hydroxylation is 3. The van der Waals surface area contributed by atoms with E-state index in [1.54, 1.807) is 16.5 Å². The van der Waals surface area contributed by atoms with Crippen molar-refractivity contribution >= 4 is 5.65 Å². The van der Waals surface area contributed by atoms with Gasteiger partial charge >= 0.3 is 5.69 Å². The minimum Gasteiger partial charge on any atom is -0.444 e. The molecule has 0 radical (unpaired) electrons. The molecule has 32 heavy (non-hydrogen) atoms. The summed E-state index contributed by atoms with van der Waals surface area (Å²) < 4.78 is 22.4. The van der Waals surface area contributed by atoms with E-state index in [-0.39, 0.29) is 17.4 Å². The van der Waals surface area contributed by atoms with E-state index in [2.05, 4.69) is 22.2 Å². The molecule has 0 aliphatic carbocycles. The topological polar surface area (TPSA) is 65.3 Å². The van der Waals surface area contributed by atoms with Crippen molar-refractivity contribution in [2.24, 2.45) is 0 Å². The molecular weight excluding hydrogens is 407 g/mol. The number of benzene rings is 2. The maximum absolute atomic E-state index is 14.1. The van der Waals surface area contributed by atoms with E-state index in [0.29, 0.717) is 30.6 Å². The largest absolute Gasteiger partial charge is 0.444 e. The molecule has 5 aromatic rings. The second-order valence-electron chi connectivity index (χ2n) is 7.77. The minimum atomic E-state index is -0.378. The van der Waals surface area contributed by atoms with Crippen LogP contribution in [0, 0.1) is 12.7 Å². The second kappa shape index (κ2) is 8.26. The van der Waals surface area contributed by atoms with Gasteiger partial charge in [0.2, 0.25) is 5.89 Å². The lowest BCUT2D eigenvalue weighted by molar-refractivity contribution is 0.556. The van der Waals surface area contributed by atoms with Gasteiger partial charge in [-0.05, 0) is 60.7 Å². The first-order valence-corrected chi connectivity index (χ1v) is 10.4. The first-order valence-electron chi connectivity index (χ1n) is 10.4. The van der Waals surface area contributed by atoms with E-state index >= 15 is 0 Å². The van der Waals surface area contributed by atoms with Gasteiger partial charge in [0.05, 0.1) is 11.8 Å². The Bertz CT molecular complexity index is 1430. The van der Waals surface area contributed by atoms with E-state index in [0.717, 1.165) is 16.7 Å². The van der Waals surface area contributed by atoms with Crippen LogP contribution in [-0.2, 0) is 13.0 Å². The highest BCUT2D eigenvalue weighted by Crippen LogP contribution is 2.23. The number of aromatic nitrogens is 4. The third kappa shape index (κ3) is 3.85. The molecule has 5 rings (SSSR count). The van der Waals surface area contributed by atoms with Gasteiger partial charge in [-0.1, -0.05) is 35.9 Å². The molecule has 0 spiro atoms. The molecule has 3 aromatic heterocycles. The standard InChI is InChI=1S/C25H21FN4O2/c1-17-4-7-19(8-5-17)20-9-11-23-28-30(25(31)29(23)16-20)13-2-3-18-6-10-22(26)21(15-18)24-27-12-14-32-24/h4-12,14-16H,2-3,13H2,1H3. The summed E-state index contributed by atoms with van der Waals surface area (Å²) in [6, 6.07) is 16.9. The molecule has 0 aliphatic rings. The van der Waals surface area contributed by atoms with Gasteiger partial charge < -0.3 is 4.42 Å². The van der Waals surface area contributed by atoms with Crippen LogP contribution in [0.3, 0.4) is 0 Å². The molecule has 0 saturated heterocycles. The van der Waals surface area contributed by atoms with Crippen LogP contribution in [-0.4, -0.2) is 19.2 Å². The molecule has 0 aliphatic heterocycles. The lowest BCUT2D eigenvalue weighted by atomic mass is 10.1. The Labute approximate surface area is 183 Å². The third-order valence-corrected chi connectivity index (χ3v) is 5.49. The highest BCUT2D eigenvalue weighted by Gasteiger charge is 2.11. The summed E-state index contributed by atoms with van der Waals surface area (Å²) >= 11 is 0. The minimum absolute atomic E-state index is 0.173. The van der Waals surface area contributed by atoms with Crippen molar-refractivity contribution in [3.05, 3.63) is 101 Å². The van der Waals surface area contributed by atoms with Crippen molar-refractivity contribution in [1.29, 1.82) is 0 Å². The quantitative estimate of drug-likeness (QED) is 0.386. The Morgan fingerprint density at radius 2 is 1.84 bits per heavy atom. The van der Waals surface area contributed by atoms with E-state index in [1.807, 2.05) is 37.4 Å². The van der Waals surface area contributed by atoms with E-state index < -0.39 is 0 Å². The molecule has 3 heterocycles. The Kier molecular flexibility index (Phi) is 5.15. The number of fused-ring (bicyclic) bond motifs is 1. The molecular formula is C25H21FN4O2. The van der Waals surface area contributed by atoms with Gasteiger partial charge in [-0.3, -0.25) is 0 Å². The Hall–Kier alpha value is -4.00. The SMILES string of the molecule is Cc1ccc(-c2ccc3nn(CCCc4ccc(F)c(-c5ncco5)c4)c(=O)n3c2)cc1. The van der Waals surface area contributed by atoms with Crippen LogP contribution in [0.4, 0.5) is 4.39 Å². The lowest BCUT2D eigenvalue weighted by Gasteiger charge is -2.04. The van der Waals surface area contributed by atoms with Crippen molar-refractivity contribution in [3.63, 3.8) is 0 Å². The number of pyridine rings is 1. The van der Waals surface area contributed by atoms with Gasteiger partial charge in [-0.25, -0.2) is 23.3 Å². The van der Waals surface area contributed by atoms with E-state index in [1.165, 1.54) is 28.8 Å². The summed E-state index contributed by atoms with van der Waals surface area (Å²) in [5, 5.41) is 4.45. The summed E-state index contributed by atoms with van der Waals surface area (Å²) in [4.78, 5) is 16.9. The molecule has 0 unspecified atom stereocenters. The fraction of sp³-hybridized carbons (Fsp3) is 0.160. The highest BCUT2D eigenvalue weighted by atomic mass is 19.1. The Morgan fingerprint density at radius 3 is 2.62 bits per heavy atom. The van der Waals surface area contributed by atoms with Gasteiger partial charge in [0, 0.05) is 12.7 Å². The predicted octanol–water partition coefficient (Wildman–Crippen LogP) is 4.90. The number of hydrogen-bond donors (Lipinski definition) is 0. The van der Waals surface area contributed by atoms with Crippen LogP contribution < -0.4 is 5.69 Å². The number of nitrogens with zero attached hydrogens (tertiary/aromatic N) is 4. The average Bonchev–Trinajstić information content (AvgIpc) is 3.44. The number of halogens is 1. The molecule has 0 fully saturated rings. The average molecular weight is 428 g/mol. The van der Waals surface area contributed by atoms with Crippen molar-refractivity contribution in [3.8, 4) is 22.6 Å². The molecule has 0 saturated carbocycles. The predicted molar refractivity (Wildman–Crippen MR) is 120 cm³/mol. The van der Waals surface area contributed by atoms with Gasteiger partial charge in [0.1, 0.15) is 12.1 Å². The molecule has 0 amide bonds.